The van der Waals surface area contributed by atoms with Crippen LogP contribution in [-0.2, 0) is 19.3 Å². The highest BCUT2D eigenvalue weighted by molar-refractivity contribution is 5.83. The van der Waals surface area contributed by atoms with Crippen LogP contribution in [0.25, 0.3) is 0 Å². The van der Waals surface area contributed by atoms with Crippen LogP contribution in [0.3, 0.4) is 0 Å². The Kier molecular flexibility index (Phi) is 5.00. The Balaban J connectivity index is 2.63. The molecule has 1 aliphatic carbocycles. The number of carbonyl (C=O) groups is 2. The Hall–Kier alpha value is -2.66. The molecule has 0 saturated heterocycles. The molecule has 0 bridgehead atoms. The van der Waals surface area contributed by atoms with Gasteiger partial charge in [0, 0.05) is 5.92 Å². The lowest BCUT2D eigenvalue weighted by Crippen LogP contribution is -2.34. The number of carbonyl (C=O) groups excluding carboxylic acids is 1. The fourth-order valence-corrected chi connectivity index (χ4v) is 1.92. The van der Waals surface area contributed by atoms with Gasteiger partial charge in [0.1, 0.15) is 18.8 Å². The summed E-state index contributed by atoms with van der Waals surface area (Å²) in [4.78, 5) is 50.9. The fraction of sp³-hybridized carbons (Fsp3) is 0.750. The van der Waals surface area contributed by atoms with E-state index in [0.29, 0.717) is 0 Å². The molecule has 0 aliphatic heterocycles. The lowest BCUT2D eigenvalue weighted by Gasteiger charge is -2.14. The minimum Gasteiger partial charge on any atom is -0.480 e. The van der Waals surface area contributed by atoms with Crippen molar-refractivity contribution in [3.63, 3.8) is 0 Å². The highest BCUT2D eigenvalue weighted by Crippen LogP contribution is 2.31. The van der Waals surface area contributed by atoms with E-state index < -0.39 is 46.7 Å². The third kappa shape index (κ3) is 4.55. The molecule has 1 amide bonds. The van der Waals surface area contributed by atoms with E-state index in [9.17, 15) is 29.8 Å². The predicted molar refractivity (Wildman–Crippen MR) is 57.1 cm³/mol. The molecule has 3 atom stereocenters. The molecule has 1 aliphatic rings. The second-order valence-electron chi connectivity index (χ2n) is 4.01. The van der Waals surface area contributed by atoms with Crippen molar-refractivity contribution in [1.82, 2.24) is 5.32 Å². The van der Waals surface area contributed by atoms with Crippen LogP contribution < -0.4 is 5.32 Å². The summed E-state index contributed by atoms with van der Waals surface area (Å²) in [6, 6.07) is 0. The van der Waals surface area contributed by atoms with Crippen LogP contribution in [0.1, 0.15) is 12.8 Å². The van der Waals surface area contributed by atoms with Crippen LogP contribution in [0.15, 0.2) is 0 Å². The predicted octanol–water partition coefficient (Wildman–Crippen LogP) is -1.25. The first-order valence-electron chi connectivity index (χ1n) is 5.41. The van der Waals surface area contributed by atoms with Gasteiger partial charge >= 0.3 is 5.97 Å². The number of hydrogen-bond donors (Lipinski definition) is 2. The van der Waals surface area contributed by atoms with Crippen LogP contribution in [0.4, 0.5) is 0 Å². The number of carboxylic acid groups (broad SMARTS) is 1. The minimum absolute atomic E-state index is 0.176. The molecule has 2 N–H and O–H groups in total. The summed E-state index contributed by atoms with van der Waals surface area (Å²) >= 11 is 0. The first kappa shape index (κ1) is 15.4. The third-order valence-corrected chi connectivity index (χ3v) is 2.68. The molecule has 0 unspecified atom stereocenters. The second kappa shape index (κ2) is 6.49. The Morgan fingerprint density at radius 1 is 1.15 bits per heavy atom. The number of carboxylic acids is 1. The van der Waals surface area contributed by atoms with Crippen molar-refractivity contribution >= 4 is 11.9 Å². The van der Waals surface area contributed by atoms with E-state index in [1.54, 1.807) is 0 Å². The van der Waals surface area contributed by atoms with Gasteiger partial charge in [-0.15, -0.1) is 20.2 Å². The molecule has 0 aromatic carbocycles. The van der Waals surface area contributed by atoms with Gasteiger partial charge in [0.05, 0.1) is 0 Å². The first-order valence-corrected chi connectivity index (χ1v) is 5.41. The summed E-state index contributed by atoms with van der Waals surface area (Å²) in [5.41, 5.74) is 0. The maximum absolute atomic E-state index is 11.6. The third-order valence-electron chi connectivity index (χ3n) is 2.68. The van der Waals surface area contributed by atoms with Crippen molar-refractivity contribution in [2.75, 3.05) is 6.54 Å². The zero-order chi connectivity index (χ0) is 15.3. The summed E-state index contributed by atoms with van der Waals surface area (Å²) in [6.45, 7) is -0.614. The maximum Gasteiger partial charge on any atom is 0.322 e. The van der Waals surface area contributed by atoms with E-state index in [2.05, 4.69) is 15.0 Å². The molecule has 20 heavy (non-hydrogen) atoms. The molecule has 0 heterocycles. The van der Waals surface area contributed by atoms with Crippen LogP contribution in [0.5, 0.6) is 0 Å². The SMILES string of the molecule is O=C(O)CNC(=O)[C@@H]1C[C@H](O[N+](=O)[O-])[C@H](O[N+](=O)[O-])C1. The molecule has 12 nitrogen and oxygen atoms in total. The minimum atomic E-state index is -1.26. The van der Waals surface area contributed by atoms with Crippen LogP contribution in [-0.4, -0.2) is 45.9 Å². The molecular formula is C8H11N3O9. The van der Waals surface area contributed by atoms with Crippen LogP contribution in [0.2, 0.25) is 0 Å². The monoisotopic (exact) mass is 293 g/mol. The Morgan fingerprint density at radius 3 is 1.95 bits per heavy atom. The van der Waals surface area contributed by atoms with Gasteiger partial charge in [-0.25, -0.2) is 0 Å². The van der Waals surface area contributed by atoms with Gasteiger partial charge in [-0.1, -0.05) is 0 Å². The number of amides is 1. The molecular weight excluding hydrogens is 282 g/mol. The molecule has 0 aromatic heterocycles. The summed E-state index contributed by atoms with van der Waals surface area (Å²) in [5.74, 6) is -2.80. The largest absolute Gasteiger partial charge is 0.480 e. The second-order valence-corrected chi connectivity index (χ2v) is 4.01. The number of nitrogens with one attached hydrogen (secondary N) is 1. The maximum atomic E-state index is 11.6. The quantitative estimate of drug-likeness (QED) is 0.429. The standard InChI is InChI=1S/C8H11N3O9/c12-7(13)3-9-8(14)4-1-5(19-10(15)16)6(2-4)20-11(17)18/h4-6H,1-3H2,(H,9,14)(H,12,13)/t4-,5+,6-. The number of aliphatic carboxylic acids is 1. The molecule has 1 rings (SSSR count). The van der Waals surface area contributed by atoms with Crippen molar-refractivity contribution in [3.05, 3.63) is 20.2 Å². The van der Waals surface area contributed by atoms with E-state index in [1.807, 2.05) is 0 Å². The van der Waals surface area contributed by atoms with Crippen molar-refractivity contribution in [2.45, 2.75) is 25.0 Å². The Bertz CT molecular complexity index is 401. The zero-order valence-corrected chi connectivity index (χ0v) is 9.96. The number of nitrogens with zero attached hydrogens (tertiary/aromatic N) is 2. The molecule has 12 heteroatoms. The van der Waals surface area contributed by atoms with Gasteiger partial charge in [-0.2, -0.15) is 0 Å². The lowest BCUT2D eigenvalue weighted by molar-refractivity contribution is -0.797. The zero-order valence-electron chi connectivity index (χ0n) is 9.96. The van der Waals surface area contributed by atoms with Gasteiger partial charge in [-0.3, -0.25) is 9.59 Å². The highest BCUT2D eigenvalue weighted by Gasteiger charge is 2.42. The van der Waals surface area contributed by atoms with Crippen molar-refractivity contribution in [2.24, 2.45) is 5.92 Å². The van der Waals surface area contributed by atoms with E-state index in [4.69, 9.17) is 5.11 Å². The lowest BCUT2D eigenvalue weighted by atomic mass is 10.1. The summed E-state index contributed by atoms with van der Waals surface area (Å²) in [7, 11) is 0. The summed E-state index contributed by atoms with van der Waals surface area (Å²) < 4.78 is 0. The van der Waals surface area contributed by atoms with Gasteiger partial charge < -0.3 is 20.1 Å². The topological polar surface area (TPSA) is 171 Å². The molecule has 1 saturated carbocycles. The van der Waals surface area contributed by atoms with Gasteiger partial charge in [0.25, 0.3) is 10.2 Å². The van der Waals surface area contributed by atoms with Gasteiger partial charge in [-0.05, 0) is 12.8 Å². The van der Waals surface area contributed by atoms with E-state index in [0.717, 1.165) is 0 Å². The highest BCUT2D eigenvalue weighted by atomic mass is 17.0. The van der Waals surface area contributed by atoms with Crippen molar-refractivity contribution in [1.29, 1.82) is 0 Å². The number of hydrogen-bond acceptors (Lipinski definition) is 8. The van der Waals surface area contributed by atoms with E-state index in [-0.39, 0.29) is 12.8 Å². The summed E-state index contributed by atoms with van der Waals surface area (Å²) in [5, 5.41) is 28.7. The fourth-order valence-electron chi connectivity index (χ4n) is 1.92. The smallest absolute Gasteiger partial charge is 0.322 e. The average molecular weight is 293 g/mol. The molecule has 0 radical (unpaired) electrons. The van der Waals surface area contributed by atoms with E-state index >= 15 is 0 Å². The molecule has 1 fully saturated rings. The molecule has 0 aromatic rings. The summed E-state index contributed by atoms with van der Waals surface area (Å²) in [6.07, 6.45) is -2.86. The molecule has 0 spiro atoms. The Morgan fingerprint density at radius 2 is 1.60 bits per heavy atom. The van der Waals surface area contributed by atoms with Crippen LogP contribution in [0, 0.1) is 26.1 Å². The Labute approximate surface area is 110 Å². The normalized spacial score (nSPS) is 24.7. The van der Waals surface area contributed by atoms with Gasteiger partial charge in [0.2, 0.25) is 5.91 Å². The van der Waals surface area contributed by atoms with E-state index in [1.165, 1.54) is 0 Å². The van der Waals surface area contributed by atoms with Gasteiger partial charge in [0.15, 0.2) is 0 Å². The van der Waals surface area contributed by atoms with Crippen molar-refractivity contribution in [3.8, 4) is 0 Å². The molecule has 112 valence electrons. The van der Waals surface area contributed by atoms with Crippen molar-refractivity contribution < 1.29 is 34.5 Å². The average Bonchev–Trinajstić information content (AvgIpc) is 2.67. The first-order chi connectivity index (χ1) is 9.29. The van der Waals surface area contributed by atoms with Crippen LogP contribution >= 0.6 is 0 Å². The number of rotatable bonds is 7.